The molecule has 0 radical (unpaired) electrons. The van der Waals surface area contributed by atoms with Crippen LogP contribution in [-0.2, 0) is 7.05 Å². The summed E-state index contributed by atoms with van der Waals surface area (Å²) in [6.07, 6.45) is 7.33. The molecule has 2 N–H and O–H groups in total. The Balaban J connectivity index is 3.17. The molecule has 0 spiro atoms. The number of nitrogens with zero attached hydrogens (tertiary/aromatic N) is 2. The SMILES string of the molecule is C/C=c1\c(=C/N)c2cnccc2n1C. The minimum atomic E-state index is 1.05. The maximum atomic E-state index is 5.62. The van der Waals surface area contributed by atoms with Gasteiger partial charge in [-0.15, -0.1) is 0 Å². The van der Waals surface area contributed by atoms with Gasteiger partial charge in [0.25, 0.3) is 0 Å². The number of rotatable bonds is 0. The fourth-order valence-corrected chi connectivity index (χ4v) is 1.86. The number of hydrogen-bond donors (Lipinski definition) is 1. The van der Waals surface area contributed by atoms with E-state index in [1.165, 1.54) is 0 Å². The summed E-state index contributed by atoms with van der Waals surface area (Å²) in [6.45, 7) is 2.01. The van der Waals surface area contributed by atoms with E-state index in [1.807, 2.05) is 26.2 Å². The Hall–Kier alpha value is -1.77. The first kappa shape index (κ1) is 8.81. The van der Waals surface area contributed by atoms with Gasteiger partial charge in [-0.2, -0.15) is 0 Å². The van der Waals surface area contributed by atoms with Crippen LogP contribution in [-0.4, -0.2) is 9.55 Å². The van der Waals surface area contributed by atoms with Crippen molar-refractivity contribution in [2.24, 2.45) is 12.8 Å². The first-order chi connectivity index (χ1) is 6.79. The molecule has 0 aliphatic heterocycles. The van der Waals surface area contributed by atoms with E-state index < -0.39 is 0 Å². The molecule has 0 aliphatic carbocycles. The van der Waals surface area contributed by atoms with Crippen LogP contribution in [0.25, 0.3) is 23.2 Å². The van der Waals surface area contributed by atoms with Gasteiger partial charge in [0, 0.05) is 41.6 Å². The maximum absolute atomic E-state index is 5.62. The molecule has 0 bridgehead atoms. The molecular formula is C11H13N3. The molecule has 0 saturated heterocycles. The van der Waals surface area contributed by atoms with Crippen molar-refractivity contribution in [1.82, 2.24) is 9.55 Å². The van der Waals surface area contributed by atoms with Gasteiger partial charge in [-0.05, 0) is 13.0 Å². The maximum Gasteiger partial charge on any atom is 0.0520 e. The Labute approximate surface area is 82.2 Å². The zero-order chi connectivity index (χ0) is 10.1. The predicted octanol–water partition coefficient (Wildman–Crippen LogP) is 0.0704. The molecule has 14 heavy (non-hydrogen) atoms. The van der Waals surface area contributed by atoms with E-state index >= 15 is 0 Å². The quantitative estimate of drug-likeness (QED) is 0.634. The molecule has 0 aromatic carbocycles. The molecule has 0 atom stereocenters. The van der Waals surface area contributed by atoms with Gasteiger partial charge in [0.05, 0.1) is 5.52 Å². The third-order valence-electron chi connectivity index (χ3n) is 2.53. The van der Waals surface area contributed by atoms with Gasteiger partial charge >= 0.3 is 0 Å². The highest BCUT2D eigenvalue weighted by atomic mass is 14.9. The molecule has 2 heterocycles. The average molecular weight is 187 g/mol. The van der Waals surface area contributed by atoms with Crippen LogP contribution in [0.5, 0.6) is 0 Å². The van der Waals surface area contributed by atoms with Gasteiger partial charge in [-0.3, -0.25) is 4.98 Å². The van der Waals surface area contributed by atoms with Crippen LogP contribution in [0.2, 0.25) is 0 Å². The van der Waals surface area contributed by atoms with Crippen molar-refractivity contribution in [2.75, 3.05) is 0 Å². The third-order valence-corrected chi connectivity index (χ3v) is 2.53. The lowest BCUT2D eigenvalue weighted by Crippen LogP contribution is -2.28. The molecule has 2 aromatic rings. The van der Waals surface area contributed by atoms with Crippen LogP contribution in [0.4, 0.5) is 0 Å². The number of aryl methyl sites for hydroxylation is 1. The molecule has 2 aromatic heterocycles. The summed E-state index contributed by atoms with van der Waals surface area (Å²) >= 11 is 0. The molecule has 72 valence electrons. The summed E-state index contributed by atoms with van der Waals surface area (Å²) in [4.78, 5) is 4.11. The lowest BCUT2D eigenvalue weighted by molar-refractivity contribution is 0.923. The normalized spacial score (nSPS) is 14.1. The molecule has 0 aliphatic rings. The minimum Gasteiger partial charge on any atom is -0.404 e. The lowest BCUT2D eigenvalue weighted by Gasteiger charge is -1.93. The fourth-order valence-electron chi connectivity index (χ4n) is 1.86. The van der Waals surface area contributed by atoms with Crippen LogP contribution in [0, 0.1) is 0 Å². The van der Waals surface area contributed by atoms with E-state index in [9.17, 15) is 0 Å². The van der Waals surface area contributed by atoms with Crippen LogP contribution in [0.1, 0.15) is 6.92 Å². The van der Waals surface area contributed by atoms with E-state index in [0.29, 0.717) is 0 Å². The van der Waals surface area contributed by atoms with Crippen molar-refractivity contribution >= 4 is 23.2 Å². The van der Waals surface area contributed by atoms with Crippen molar-refractivity contribution in [1.29, 1.82) is 0 Å². The summed E-state index contributed by atoms with van der Waals surface area (Å²) in [5, 5.41) is 3.29. The first-order valence-electron chi connectivity index (χ1n) is 4.56. The Morgan fingerprint density at radius 3 is 2.93 bits per heavy atom. The molecular weight excluding hydrogens is 174 g/mol. The summed E-state index contributed by atoms with van der Waals surface area (Å²) in [7, 11) is 2.03. The highest BCUT2D eigenvalue weighted by molar-refractivity contribution is 5.80. The van der Waals surface area contributed by atoms with Crippen LogP contribution in [0.15, 0.2) is 18.5 Å². The fraction of sp³-hybridized carbons (Fsp3) is 0.182. The lowest BCUT2D eigenvalue weighted by atomic mass is 10.3. The van der Waals surface area contributed by atoms with E-state index in [4.69, 9.17) is 5.73 Å². The molecule has 3 nitrogen and oxygen atoms in total. The van der Waals surface area contributed by atoms with Gasteiger partial charge in [0.1, 0.15) is 0 Å². The number of pyridine rings is 1. The second-order valence-electron chi connectivity index (χ2n) is 3.21. The van der Waals surface area contributed by atoms with Crippen molar-refractivity contribution in [3.63, 3.8) is 0 Å². The van der Waals surface area contributed by atoms with Crippen molar-refractivity contribution in [3.8, 4) is 0 Å². The monoisotopic (exact) mass is 187 g/mol. The standard InChI is InChI=1S/C11H13N3/c1-3-10-8(6-12)9-7-13-5-4-11(9)14(10)2/h3-7H,12H2,1-2H3/b8-6-,10-3+. The molecule has 0 unspecified atom stereocenters. The second kappa shape index (κ2) is 3.18. The van der Waals surface area contributed by atoms with E-state index in [-0.39, 0.29) is 0 Å². The number of aromatic nitrogens is 2. The van der Waals surface area contributed by atoms with Crippen molar-refractivity contribution in [3.05, 3.63) is 29.0 Å². The smallest absolute Gasteiger partial charge is 0.0520 e. The highest BCUT2D eigenvalue weighted by Gasteiger charge is 2.02. The number of fused-ring (bicyclic) bond motifs is 1. The van der Waals surface area contributed by atoms with Gasteiger partial charge in [0.15, 0.2) is 0 Å². The van der Waals surface area contributed by atoms with E-state index in [2.05, 4.69) is 15.6 Å². The third kappa shape index (κ3) is 1.02. The van der Waals surface area contributed by atoms with E-state index in [1.54, 1.807) is 12.4 Å². The summed E-state index contributed by atoms with van der Waals surface area (Å²) in [5.41, 5.74) is 6.78. The van der Waals surface area contributed by atoms with Crippen molar-refractivity contribution in [2.45, 2.75) is 6.92 Å². The number of nitrogens with two attached hydrogens (primary N) is 1. The largest absolute Gasteiger partial charge is 0.404 e. The van der Waals surface area contributed by atoms with Crippen LogP contribution in [0.3, 0.4) is 0 Å². The summed E-state index contributed by atoms with van der Waals surface area (Å²) in [5.74, 6) is 0. The highest BCUT2D eigenvalue weighted by Crippen LogP contribution is 2.03. The topological polar surface area (TPSA) is 43.8 Å². The zero-order valence-electron chi connectivity index (χ0n) is 8.36. The van der Waals surface area contributed by atoms with Gasteiger partial charge in [-0.1, -0.05) is 6.08 Å². The Morgan fingerprint density at radius 2 is 2.29 bits per heavy atom. The molecule has 2 rings (SSSR count). The first-order valence-corrected chi connectivity index (χ1v) is 4.56. The van der Waals surface area contributed by atoms with Gasteiger partial charge < -0.3 is 10.3 Å². The Kier molecular flexibility index (Phi) is 2.00. The second-order valence-corrected chi connectivity index (χ2v) is 3.21. The minimum absolute atomic E-state index is 1.05. The van der Waals surface area contributed by atoms with Crippen LogP contribution >= 0.6 is 0 Å². The molecule has 0 fully saturated rings. The van der Waals surface area contributed by atoms with Crippen LogP contribution < -0.4 is 16.3 Å². The van der Waals surface area contributed by atoms with E-state index in [0.717, 1.165) is 21.5 Å². The summed E-state index contributed by atoms with van der Waals surface area (Å²) < 4.78 is 2.12. The predicted molar refractivity (Wildman–Crippen MR) is 58.8 cm³/mol. The average Bonchev–Trinajstić information content (AvgIpc) is 2.51. The van der Waals surface area contributed by atoms with Gasteiger partial charge in [0.2, 0.25) is 0 Å². The molecule has 0 amide bonds. The Morgan fingerprint density at radius 1 is 1.50 bits per heavy atom. The zero-order valence-corrected chi connectivity index (χ0v) is 8.36. The number of hydrogen-bond acceptors (Lipinski definition) is 2. The summed E-state index contributed by atoms with van der Waals surface area (Å²) in [6, 6.07) is 2.00. The van der Waals surface area contributed by atoms with Gasteiger partial charge in [-0.25, -0.2) is 0 Å². The molecule has 3 heteroatoms. The molecule has 0 saturated carbocycles. The van der Waals surface area contributed by atoms with Crippen molar-refractivity contribution < 1.29 is 0 Å². The Bertz CT molecular complexity index is 578.